The van der Waals surface area contributed by atoms with Crippen LogP contribution in [0.25, 0.3) is 16.9 Å². The zero-order valence-corrected chi connectivity index (χ0v) is 16.5. The highest BCUT2D eigenvalue weighted by Gasteiger charge is 2.16. The molecule has 31 heavy (non-hydrogen) atoms. The Kier molecular flexibility index (Phi) is 5.27. The van der Waals surface area contributed by atoms with E-state index in [9.17, 15) is 17.6 Å². The summed E-state index contributed by atoms with van der Waals surface area (Å²) in [6.45, 7) is -0.517. The maximum absolute atomic E-state index is 13.6. The highest BCUT2D eigenvalue weighted by molar-refractivity contribution is 7.89. The maximum atomic E-state index is 13.6. The van der Waals surface area contributed by atoms with E-state index in [-0.39, 0.29) is 10.8 Å². The number of hydrogen-bond donors (Lipinski definition) is 3. The van der Waals surface area contributed by atoms with E-state index in [0.29, 0.717) is 22.5 Å². The number of anilines is 2. The van der Waals surface area contributed by atoms with Crippen molar-refractivity contribution >= 4 is 38.7 Å². The molecule has 0 aliphatic heterocycles. The van der Waals surface area contributed by atoms with Gasteiger partial charge in [0.2, 0.25) is 21.9 Å². The first-order chi connectivity index (χ1) is 14.8. The van der Waals surface area contributed by atoms with E-state index in [1.54, 1.807) is 12.1 Å². The molecule has 0 saturated carbocycles. The van der Waals surface area contributed by atoms with Crippen LogP contribution in [-0.4, -0.2) is 45.8 Å². The Morgan fingerprint density at radius 2 is 1.97 bits per heavy atom. The van der Waals surface area contributed by atoms with Gasteiger partial charge < -0.3 is 11.1 Å². The minimum Gasteiger partial charge on any atom is -0.369 e. The number of rotatable bonds is 7. The summed E-state index contributed by atoms with van der Waals surface area (Å²) in [7, 11) is -3.93. The first kappa shape index (κ1) is 20.3. The van der Waals surface area contributed by atoms with Crippen LogP contribution in [0.4, 0.5) is 16.0 Å². The van der Waals surface area contributed by atoms with Gasteiger partial charge in [-0.1, -0.05) is 17.3 Å². The highest BCUT2D eigenvalue weighted by Crippen LogP contribution is 2.20. The van der Waals surface area contributed by atoms with Gasteiger partial charge in [0.25, 0.3) is 0 Å². The van der Waals surface area contributed by atoms with Crippen molar-refractivity contribution < 1.29 is 17.6 Å². The standard InChI is InChI=1S/C18H15FN8O3S/c19-11-3-1-5-13(7-11)27-17-15(25-26-27)9-21-18(24-17)23-12-4-2-6-14(8-12)31(29,30)22-10-16(20)28/h1-9,22H,10H2,(H2,20,28)(H,21,23,24). The lowest BCUT2D eigenvalue weighted by Gasteiger charge is -2.09. The normalized spacial score (nSPS) is 11.5. The van der Waals surface area contributed by atoms with Gasteiger partial charge in [-0.15, -0.1) is 5.10 Å². The number of carbonyl (C=O) groups excluding carboxylic acids is 1. The SMILES string of the molecule is NC(=O)CNS(=O)(=O)c1cccc(Nc2ncc3nnn(-c4cccc(F)c4)c3n2)c1. The molecular formula is C18H15FN8O3S. The number of primary amides is 1. The summed E-state index contributed by atoms with van der Waals surface area (Å²) in [4.78, 5) is 19.3. The van der Waals surface area contributed by atoms with Gasteiger partial charge in [0, 0.05) is 5.69 Å². The Bertz CT molecular complexity index is 1390. The van der Waals surface area contributed by atoms with E-state index in [1.165, 1.54) is 47.3 Å². The number of hydrogen-bond acceptors (Lipinski definition) is 8. The molecule has 4 N–H and O–H groups in total. The summed E-state index contributed by atoms with van der Waals surface area (Å²) < 4.78 is 41.6. The fourth-order valence-corrected chi connectivity index (χ4v) is 3.73. The molecule has 0 radical (unpaired) electrons. The fourth-order valence-electron chi connectivity index (χ4n) is 2.69. The van der Waals surface area contributed by atoms with Crippen LogP contribution in [0, 0.1) is 5.82 Å². The second-order valence-electron chi connectivity index (χ2n) is 6.33. The van der Waals surface area contributed by atoms with E-state index in [0.717, 1.165) is 0 Å². The molecule has 0 aliphatic carbocycles. The topological polar surface area (TPSA) is 158 Å². The van der Waals surface area contributed by atoms with Gasteiger partial charge in [-0.05, 0) is 36.4 Å². The second-order valence-corrected chi connectivity index (χ2v) is 8.09. The number of aromatic nitrogens is 5. The van der Waals surface area contributed by atoms with Crippen molar-refractivity contribution in [3.8, 4) is 5.69 Å². The quantitative estimate of drug-likeness (QED) is 0.380. The summed E-state index contributed by atoms with van der Waals surface area (Å²) in [5, 5.41) is 10.9. The first-order valence-electron chi connectivity index (χ1n) is 8.81. The summed E-state index contributed by atoms with van der Waals surface area (Å²) in [5.74, 6) is -1.09. The Morgan fingerprint density at radius 1 is 1.16 bits per heavy atom. The number of halogens is 1. The van der Waals surface area contributed by atoms with Crippen molar-refractivity contribution in [2.24, 2.45) is 5.73 Å². The summed E-state index contributed by atoms with van der Waals surface area (Å²) in [5.41, 5.74) is 6.51. The lowest BCUT2D eigenvalue weighted by Crippen LogP contribution is -2.33. The number of sulfonamides is 1. The van der Waals surface area contributed by atoms with Crippen molar-refractivity contribution in [2.45, 2.75) is 4.90 Å². The molecule has 158 valence electrons. The van der Waals surface area contributed by atoms with Crippen LogP contribution in [0.2, 0.25) is 0 Å². The van der Waals surface area contributed by atoms with Gasteiger partial charge in [-0.25, -0.2) is 22.5 Å². The summed E-state index contributed by atoms with van der Waals surface area (Å²) in [6.07, 6.45) is 1.43. The number of nitrogens with one attached hydrogen (secondary N) is 2. The number of amides is 1. The second kappa shape index (κ2) is 8.04. The van der Waals surface area contributed by atoms with E-state index in [1.807, 2.05) is 0 Å². The zero-order chi connectivity index (χ0) is 22.0. The van der Waals surface area contributed by atoms with Crippen molar-refractivity contribution in [1.82, 2.24) is 29.7 Å². The van der Waals surface area contributed by atoms with E-state index < -0.39 is 28.3 Å². The van der Waals surface area contributed by atoms with Crippen LogP contribution in [-0.2, 0) is 14.8 Å². The van der Waals surface area contributed by atoms with Crippen molar-refractivity contribution in [2.75, 3.05) is 11.9 Å². The highest BCUT2D eigenvalue weighted by atomic mass is 32.2. The molecule has 1 amide bonds. The van der Waals surface area contributed by atoms with Gasteiger partial charge in [-0.2, -0.15) is 9.67 Å². The predicted molar refractivity (Wildman–Crippen MR) is 109 cm³/mol. The molecular weight excluding hydrogens is 427 g/mol. The summed E-state index contributed by atoms with van der Waals surface area (Å²) >= 11 is 0. The molecule has 4 rings (SSSR count). The number of carbonyl (C=O) groups is 1. The Hall–Kier alpha value is -3.97. The summed E-state index contributed by atoms with van der Waals surface area (Å²) in [6, 6.07) is 11.6. The number of nitrogens with two attached hydrogens (primary N) is 1. The molecule has 0 unspecified atom stereocenters. The fraction of sp³-hybridized carbons (Fsp3) is 0.0556. The van der Waals surface area contributed by atoms with Crippen molar-refractivity contribution in [3.63, 3.8) is 0 Å². The van der Waals surface area contributed by atoms with E-state index >= 15 is 0 Å². The van der Waals surface area contributed by atoms with Crippen LogP contribution in [0.1, 0.15) is 0 Å². The number of nitrogens with zero attached hydrogens (tertiary/aromatic N) is 5. The molecule has 2 aromatic carbocycles. The lowest BCUT2D eigenvalue weighted by molar-refractivity contribution is -0.116. The van der Waals surface area contributed by atoms with Crippen LogP contribution in [0.5, 0.6) is 0 Å². The molecule has 2 aromatic heterocycles. The van der Waals surface area contributed by atoms with Crippen LogP contribution in [0.3, 0.4) is 0 Å². The average molecular weight is 442 g/mol. The van der Waals surface area contributed by atoms with Gasteiger partial charge in [0.1, 0.15) is 5.82 Å². The molecule has 0 aliphatic rings. The molecule has 0 bridgehead atoms. The molecule has 0 spiro atoms. The van der Waals surface area contributed by atoms with E-state index in [4.69, 9.17) is 5.73 Å². The molecule has 13 heteroatoms. The minimum absolute atomic E-state index is 0.0775. The maximum Gasteiger partial charge on any atom is 0.241 e. The molecule has 11 nitrogen and oxygen atoms in total. The van der Waals surface area contributed by atoms with Gasteiger partial charge in [0.05, 0.1) is 23.3 Å². The van der Waals surface area contributed by atoms with Crippen LogP contribution < -0.4 is 15.8 Å². The molecule has 0 saturated heterocycles. The van der Waals surface area contributed by atoms with Crippen LogP contribution in [0.15, 0.2) is 59.6 Å². The zero-order valence-electron chi connectivity index (χ0n) is 15.7. The Labute approximate surface area is 175 Å². The largest absolute Gasteiger partial charge is 0.369 e. The third-order valence-electron chi connectivity index (χ3n) is 4.08. The predicted octanol–water partition coefficient (Wildman–Crippen LogP) is 0.857. The van der Waals surface area contributed by atoms with Crippen molar-refractivity contribution in [3.05, 3.63) is 60.5 Å². The third kappa shape index (κ3) is 4.46. The third-order valence-corrected chi connectivity index (χ3v) is 5.48. The molecule has 0 atom stereocenters. The van der Waals surface area contributed by atoms with Gasteiger partial charge in [0.15, 0.2) is 11.2 Å². The lowest BCUT2D eigenvalue weighted by atomic mass is 10.3. The first-order valence-corrected chi connectivity index (χ1v) is 10.3. The van der Waals surface area contributed by atoms with Gasteiger partial charge >= 0.3 is 0 Å². The average Bonchev–Trinajstić information content (AvgIpc) is 3.16. The number of fused-ring (bicyclic) bond motifs is 1. The number of benzene rings is 2. The van der Waals surface area contributed by atoms with E-state index in [2.05, 4.69) is 30.3 Å². The van der Waals surface area contributed by atoms with Gasteiger partial charge in [-0.3, -0.25) is 4.79 Å². The van der Waals surface area contributed by atoms with Crippen molar-refractivity contribution in [1.29, 1.82) is 0 Å². The minimum atomic E-state index is -3.93. The smallest absolute Gasteiger partial charge is 0.241 e. The molecule has 4 aromatic rings. The monoisotopic (exact) mass is 442 g/mol. The Morgan fingerprint density at radius 3 is 2.74 bits per heavy atom. The Balaban J connectivity index is 1.64. The molecule has 2 heterocycles. The molecule has 0 fully saturated rings. The van der Waals surface area contributed by atoms with Crippen LogP contribution >= 0.6 is 0 Å².